The zero-order chi connectivity index (χ0) is 34.7. The molecule has 0 aliphatic heterocycles. The van der Waals surface area contributed by atoms with E-state index in [1.165, 1.54) is 43.5 Å². The maximum atomic E-state index is 15.7. The predicted molar refractivity (Wildman–Crippen MR) is 171 cm³/mol. The molecule has 1 aromatic heterocycles. The number of carboxylic acids is 1. The Balaban J connectivity index is 2.21. The molecule has 7 nitrogen and oxygen atoms in total. The Hall–Kier alpha value is -4.12. The SMILES string of the molecule is Cc1cc(=O)n(C(CC(C)C)C(=O)N=C(CC(=O)O)c2cc(-c3c(C)cc(C(F)(F)F)cc3C)cc(C)c2F)cc1CCN(C)C. The van der Waals surface area contributed by atoms with E-state index in [2.05, 4.69) is 4.99 Å². The van der Waals surface area contributed by atoms with E-state index in [9.17, 15) is 32.7 Å². The van der Waals surface area contributed by atoms with Gasteiger partial charge in [0.15, 0.2) is 0 Å². The summed E-state index contributed by atoms with van der Waals surface area (Å²) < 4.78 is 57.4. The number of rotatable bonds is 11. The zero-order valence-corrected chi connectivity index (χ0v) is 27.5. The van der Waals surface area contributed by atoms with Crippen LogP contribution in [0.1, 0.15) is 71.7 Å². The number of aromatic nitrogens is 1. The van der Waals surface area contributed by atoms with Crippen molar-refractivity contribution >= 4 is 17.6 Å². The first-order valence-corrected chi connectivity index (χ1v) is 15.0. The minimum atomic E-state index is -4.56. The van der Waals surface area contributed by atoms with Crippen LogP contribution in [0.5, 0.6) is 0 Å². The number of hydrogen-bond acceptors (Lipinski definition) is 4. The lowest BCUT2D eigenvalue weighted by molar-refractivity contribution is -0.138. The molecule has 0 bridgehead atoms. The summed E-state index contributed by atoms with van der Waals surface area (Å²) in [5, 5.41) is 9.74. The van der Waals surface area contributed by atoms with E-state index in [0.29, 0.717) is 24.1 Å². The van der Waals surface area contributed by atoms with Crippen molar-refractivity contribution < 1.29 is 32.3 Å². The number of halogens is 4. The third kappa shape index (κ3) is 8.78. The zero-order valence-electron chi connectivity index (χ0n) is 27.5. The second-order valence-corrected chi connectivity index (χ2v) is 12.5. The average Bonchev–Trinajstić information content (AvgIpc) is 2.91. The maximum absolute atomic E-state index is 15.7. The average molecular weight is 644 g/mol. The summed E-state index contributed by atoms with van der Waals surface area (Å²) in [5.74, 6) is -3.04. The number of nitrogens with zero attached hydrogens (tertiary/aromatic N) is 3. The topological polar surface area (TPSA) is 92.0 Å². The van der Waals surface area contributed by atoms with Crippen LogP contribution in [0.3, 0.4) is 0 Å². The van der Waals surface area contributed by atoms with Gasteiger partial charge in [-0.3, -0.25) is 14.4 Å². The molecule has 3 rings (SSSR count). The van der Waals surface area contributed by atoms with E-state index >= 15 is 4.39 Å². The van der Waals surface area contributed by atoms with Crippen molar-refractivity contribution in [2.24, 2.45) is 10.9 Å². The first-order valence-electron chi connectivity index (χ1n) is 15.0. The summed E-state index contributed by atoms with van der Waals surface area (Å²) in [7, 11) is 3.84. The number of alkyl halides is 3. The fourth-order valence-electron chi connectivity index (χ4n) is 5.57. The van der Waals surface area contributed by atoms with Gasteiger partial charge in [-0.1, -0.05) is 13.8 Å². The lowest BCUT2D eigenvalue weighted by Gasteiger charge is -2.22. The van der Waals surface area contributed by atoms with Crippen LogP contribution in [0.4, 0.5) is 17.6 Å². The Kier molecular flexibility index (Phi) is 11.5. The van der Waals surface area contributed by atoms with Crippen LogP contribution in [0.25, 0.3) is 11.1 Å². The highest BCUT2D eigenvalue weighted by Crippen LogP contribution is 2.37. The van der Waals surface area contributed by atoms with Gasteiger partial charge in [-0.15, -0.1) is 0 Å². The summed E-state index contributed by atoms with van der Waals surface area (Å²) in [6.45, 7) is 10.7. The molecule has 2 aromatic carbocycles. The minimum absolute atomic E-state index is 0.0570. The van der Waals surface area contributed by atoms with Gasteiger partial charge in [-0.25, -0.2) is 9.38 Å². The molecule has 248 valence electrons. The highest BCUT2D eigenvalue weighted by atomic mass is 19.4. The monoisotopic (exact) mass is 643 g/mol. The van der Waals surface area contributed by atoms with Crippen molar-refractivity contribution in [1.29, 1.82) is 0 Å². The van der Waals surface area contributed by atoms with Gasteiger partial charge in [0.1, 0.15) is 11.9 Å². The van der Waals surface area contributed by atoms with E-state index in [4.69, 9.17) is 0 Å². The molecule has 1 atom stereocenters. The second-order valence-electron chi connectivity index (χ2n) is 12.5. The molecule has 0 spiro atoms. The van der Waals surface area contributed by atoms with Crippen molar-refractivity contribution in [2.75, 3.05) is 20.6 Å². The number of carbonyl (C=O) groups excluding carboxylic acids is 1. The van der Waals surface area contributed by atoms with Crippen LogP contribution in [-0.4, -0.2) is 52.8 Å². The molecule has 0 saturated heterocycles. The Morgan fingerprint density at radius 2 is 1.57 bits per heavy atom. The van der Waals surface area contributed by atoms with Crippen LogP contribution in [-0.2, 0) is 22.2 Å². The number of pyridine rings is 1. The number of hydrogen-bond donors (Lipinski definition) is 1. The van der Waals surface area contributed by atoms with Gasteiger partial charge in [-0.05, 0) is 124 Å². The normalized spacial score (nSPS) is 13.0. The van der Waals surface area contributed by atoms with Crippen LogP contribution in [0.2, 0.25) is 0 Å². The molecule has 0 saturated carbocycles. The smallest absolute Gasteiger partial charge is 0.416 e. The van der Waals surface area contributed by atoms with Crippen LogP contribution in [0.15, 0.2) is 46.3 Å². The predicted octanol–water partition coefficient (Wildman–Crippen LogP) is 7.09. The van der Waals surface area contributed by atoms with Crippen LogP contribution in [0, 0.1) is 39.4 Å². The van der Waals surface area contributed by atoms with Crippen LogP contribution >= 0.6 is 0 Å². The van der Waals surface area contributed by atoms with Crippen molar-refractivity contribution in [1.82, 2.24) is 9.47 Å². The third-order valence-corrected chi connectivity index (χ3v) is 7.82. The molecule has 46 heavy (non-hydrogen) atoms. The van der Waals surface area contributed by atoms with E-state index in [1.807, 2.05) is 39.8 Å². The quantitative estimate of drug-likeness (QED) is 0.178. The first kappa shape index (κ1) is 36.3. The Labute approximate surface area is 266 Å². The summed E-state index contributed by atoms with van der Waals surface area (Å²) >= 11 is 0. The molecular formula is C35H41F4N3O4. The van der Waals surface area contributed by atoms with Gasteiger partial charge in [0, 0.05) is 24.4 Å². The van der Waals surface area contributed by atoms with Gasteiger partial charge < -0.3 is 14.6 Å². The molecule has 0 aliphatic rings. The lowest BCUT2D eigenvalue weighted by Crippen LogP contribution is -2.31. The molecule has 0 aliphatic carbocycles. The Morgan fingerprint density at radius 1 is 0.957 bits per heavy atom. The van der Waals surface area contributed by atoms with Crippen molar-refractivity contribution in [2.45, 2.75) is 73.0 Å². The molecule has 3 aromatic rings. The summed E-state index contributed by atoms with van der Waals surface area (Å²) in [6, 6.07) is 5.15. The van der Waals surface area contributed by atoms with Gasteiger partial charge in [0.25, 0.3) is 11.5 Å². The number of aliphatic carboxylic acids is 1. The van der Waals surface area contributed by atoms with Crippen molar-refractivity contribution in [3.8, 4) is 11.1 Å². The number of aryl methyl sites for hydroxylation is 4. The molecule has 0 radical (unpaired) electrons. The molecule has 1 amide bonds. The number of likely N-dealkylation sites (N-methyl/N-ethyl adjacent to an activating group) is 1. The van der Waals surface area contributed by atoms with Crippen molar-refractivity contribution in [3.05, 3.63) is 91.6 Å². The van der Waals surface area contributed by atoms with E-state index in [1.54, 1.807) is 6.20 Å². The minimum Gasteiger partial charge on any atom is -0.481 e. The highest BCUT2D eigenvalue weighted by Gasteiger charge is 2.32. The number of benzene rings is 2. The lowest BCUT2D eigenvalue weighted by atomic mass is 9.90. The number of aliphatic imine (C=N–C) groups is 1. The molecule has 0 fully saturated rings. The summed E-state index contributed by atoms with van der Waals surface area (Å²) in [5.41, 5.74) is 1.23. The Bertz CT molecular complexity index is 1700. The molecule has 1 unspecified atom stereocenters. The van der Waals surface area contributed by atoms with E-state index in [0.717, 1.165) is 23.3 Å². The molecular weight excluding hydrogens is 602 g/mol. The van der Waals surface area contributed by atoms with E-state index in [-0.39, 0.29) is 40.3 Å². The van der Waals surface area contributed by atoms with E-state index < -0.39 is 47.5 Å². The summed E-state index contributed by atoms with van der Waals surface area (Å²) in [6.07, 6.45) is -2.89. The highest BCUT2D eigenvalue weighted by molar-refractivity contribution is 6.14. The maximum Gasteiger partial charge on any atom is 0.416 e. The number of carboxylic acid groups (broad SMARTS) is 1. The van der Waals surface area contributed by atoms with Gasteiger partial charge >= 0.3 is 12.1 Å². The molecule has 11 heteroatoms. The first-order chi connectivity index (χ1) is 21.3. The Morgan fingerprint density at radius 3 is 2.09 bits per heavy atom. The van der Waals surface area contributed by atoms with Gasteiger partial charge in [0.2, 0.25) is 0 Å². The second kappa shape index (κ2) is 14.5. The van der Waals surface area contributed by atoms with Crippen molar-refractivity contribution in [3.63, 3.8) is 0 Å². The van der Waals surface area contributed by atoms with Gasteiger partial charge in [0.05, 0.1) is 17.7 Å². The van der Waals surface area contributed by atoms with Crippen LogP contribution < -0.4 is 5.56 Å². The largest absolute Gasteiger partial charge is 0.481 e. The van der Waals surface area contributed by atoms with Gasteiger partial charge in [-0.2, -0.15) is 13.2 Å². The number of amides is 1. The fraction of sp³-hybridized carbons (Fsp3) is 0.429. The fourth-order valence-corrected chi connectivity index (χ4v) is 5.57. The summed E-state index contributed by atoms with van der Waals surface area (Å²) in [4.78, 5) is 45.1. The third-order valence-electron chi connectivity index (χ3n) is 7.82. The molecule has 1 N–H and O–H groups in total. The molecule has 1 heterocycles. The standard InChI is InChI=1S/C35H41F4N3O4/c1-19(2)11-29(42-18-24(9-10-41(7)8)20(3)15-30(42)43)34(46)40-28(17-31(44)45)27-16-25(12-23(6)33(27)36)32-21(4)13-26(14-22(32)5)35(37,38)39/h12-16,18-19,29H,9-11,17H2,1-8H3,(H,44,45). The number of carbonyl (C=O) groups is 2.